The predicted molar refractivity (Wildman–Crippen MR) is 44.4 cm³/mol. The third-order valence-corrected chi connectivity index (χ3v) is 2.12. The van der Waals surface area contributed by atoms with E-state index in [1.54, 1.807) is 0 Å². The highest BCUT2D eigenvalue weighted by atomic mass is 15.2. The number of nitrogens with zero attached hydrogens (tertiary/aromatic N) is 2. The summed E-state index contributed by atoms with van der Waals surface area (Å²) in [6.45, 7) is 8.36. The molecule has 11 heavy (non-hydrogen) atoms. The van der Waals surface area contributed by atoms with Gasteiger partial charge in [-0.25, -0.2) is 4.98 Å². The van der Waals surface area contributed by atoms with Crippen LogP contribution in [0.25, 0.3) is 0 Å². The minimum Gasteiger partial charge on any atom is -0.263 e. The SMILES string of the molecule is CCC(C)(C)c1nc(C)n[nH]1. The van der Waals surface area contributed by atoms with Gasteiger partial charge in [-0.15, -0.1) is 0 Å². The second-order valence-electron chi connectivity index (χ2n) is 3.47. The molecule has 1 rings (SSSR count). The molecule has 0 bridgehead atoms. The lowest BCUT2D eigenvalue weighted by molar-refractivity contribution is 0.474. The Labute approximate surface area is 67.2 Å². The fourth-order valence-electron chi connectivity index (χ4n) is 0.816. The Morgan fingerprint density at radius 3 is 2.45 bits per heavy atom. The molecule has 0 saturated heterocycles. The largest absolute Gasteiger partial charge is 0.263 e. The van der Waals surface area contributed by atoms with E-state index in [-0.39, 0.29) is 5.41 Å². The van der Waals surface area contributed by atoms with Crippen molar-refractivity contribution in [2.24, 2.45) is 0 Å². The summed E-state index contributed by atoms with van der Waals surface area (Å²) in [5.74, 6) is 1.80. The molecule has 0 saturated carbocycles. The van der Waals surface area contributed by atoms with Crippen LogP contribution in [0.2, 0.25) is 0 Å². The van der Waals surface area contributed by atoms with E-state index < -0.39 is 0 Å². The first-order chi connectivity index (χ1) is 5.06. The standard InChI is InChI=1S/C8H15N3/c1-5-8(3,4)7-9-6(2)10-11-7/h5H2,1-4H3,(H,9,10,11). The number of aryl methyl sites for hydroxylation is 1. The molecular weight excluding hydrogens is 138 g/mol. The Kier molecular flexibility index (Phi) is 1.98. The molecular formula is C8H15N3. The van der Waals surface area contributed by atoms with Gasteiger partial charge in [-0.05, 0) is 13.3 Å². The van der Waals surface area contributed by atoms with E-state index in [2.05, 4.69) is 36.0 Å². The number of rotatable bonds is 2. The monoisotopic (exact) mass is 153 g/mol. The van der Waals surface area contributed by atoms with Gasteiger partial charge in [0.25, 0.3) is 0 Å². The van der Waals surface area contributed by atoms with Crippen LogP contribution in [0.4, 0.5) is 0 Å². The average molecular weight is 153 g/mol. The smallest absolute Gasteiger partial charge is 0.147 e. The Morgan fingerprint density at radius 2 is 2.09 bits per heavy atom. The first-order valence-corrected chi connectivity index (χ1v) is 3.96. The molecule has 0 unspecified atom stereocenters. The summed E-state index contributed by atoms with van der Waals surface area (Å²) < 4.78 is 0. The topological polar surface area (TPSA) is 41.6 Å². The van der Waals surface area contributed by atoms with Crippen LogP contribution in [-0.4, -0.2) is 15.2 Å². The van der Waals surface area contributed by atoms with Gasteiger partial charge in [0.2, 0.25) is 0 Å². The Morgan fingerprint density at radius 1 is 1.45 bits per heavy atom. The van der Waals surface area contributed by atoms with Crippen LogP contribution < -0.4 is 0 Å². The van der Waals surface area contributed by atoms with Crippen LogP contribution in [0, 0.1) is 6.92 Å². The van der Waals surface area contributed by atoms with Crippen LogP contribution >= 0.6 is 0 Å². The lowest BCUT2D eigenvalue weighted by atomic mass is 9.90. The molecule has 0 aliphatic heterocycles. The second-order valence-corrected chi connectivity index (χ2v) is 3.47. The first kappa shape index (κ1) is 8.24. The van der Waals surface area contributed by atoms with Crippen LogP contribution in [0.3, 0.4) is 0 Å². The van der Waals surface area contributed by atoms with Crippen LogP contribution in [0.5, 0.6) is 0 Å². The summed E-state index contributed by atoms with van der Waals surface area (Å²) in [4.78, 5) is 4.29. The molecule has 0 fully saturated rings. The number of hydrogen-bond acceptors (Lipinski definition) is 2. The first-order valence-electron chi connectivity index (χ1n) is 3.96. The summed E-state index contributed by atoms with van der Waals surface area (Å²) >= 11 is 0. The molecule has 1 N–H and O–H groups in total. The zero-order chi connectivity index (χ0) is 8.48. The third kappa shape index (κ3) is 1.59. The Bertz CT molecular complexity index is 237. The van der Waals surface area contributed by atoms with E-state index in [1.165, 1.54) is 0 Å². The van der Waals surface area contributed by atoms with Gasteiger partial charge in [0.05, 0.1) is 0 Å². The lowest BCUT2D eigenvalue weighted by Crippen LogP contribution is -2.17. The van der Waals surface area contributed by atoms with E-state index in [0.717, 1.165) is 18.1 Å². The van der Waals surface area contributed by atoms with Crippen LogP contribution in [0.1, 0.15) is 38.8 Å². The van der Waals surface area contributed by atoms with Crippen molar-refractivity contribution in [3.63, 3.8) is 0 Å². The number of aromatic amines is 1. The van der Waals surface area contributed by atoms with Crippen molar-refractivity contribution in [2.45, 2.75) is 39.5 Å². The summed E-state index contributed by atoms with van der Waals surface area (Å²) in [5.41, 5.74) is 0.126. The van der Waals surface area contributed by atoms with Gasteiger partial charge in [0.15, 0.2) is 0 Å². The van der Waals surface area contributed by atoms with E-state index in [1.807, 2.05) is 6.92 Å². The lowest BCUT2D eigenvalue weighted by Gasteiger charge is -2.18. The molecule has 0 aliphatic rings. The zero-order valence-electron chi connectivity index (χ0n) is 7.60. The highest BCUT2D eigenvalue weighted by Gasteiger charge is 2.21. The highest BCUT2D eigenvalue weighted by molar-refractivity contribution is 5.02. The molecule has 0 aliphatic carbocycles. The summed E-state index contributed by atoms with van der Waals surface area (Å²) in [6.07, 6.45) is 1.07. The van der Waals surface area contributed by atoms with Crippen molar-refractivity contribution in [3.8, 4) is 0 Å². The number of nitrogens with one attached hydrogen (secondary N) is 1. The Balaban J connectivity index is 2.92. The molecule has 0 aromatic carbocycles. The summed E-state index contributed by atoms with van der Waals surface area (Å²) in [6, 6.07) is 0. The van der Waals surface area contributed by atoms with E-state index in [9.17, 15) is 0 Å². The maximum atomic E-state index is 4.29. The number of H-pyrrole nitrogens is 1. The van der Waals surface area contributed by atoms with Gasteiger partial charge in [0.1, 0.15) is 11.6 Å². The van der Waals surface area contributed by atoms with Crippen molar-refractivity contribution < 1.29 is 0 Å². The number of hydrogen-bond donors (Lipinski definition) is 1. The maximum Gasteiger partial charge on any atom is 0.147 e. The molecule has 0 radical (unpaired) electrons. The predicted octanol–water partition coefficient (Wildman–Crippen LogP) is 1.80. The van der Waals surface area contributed by atoms with Gasteiger partial charge in [-0.3, -0.25) is 5.10 Å². The van der Waals surface area contributed by atoms with Crippen molar-refractivity contribution in [2.75, 3.05) is 0 Å². The molecule has 1 aromatic rings. The van der Waals surface area contributed by atoms with Crippen LogP contribution in [-0.2, 0) is 5.41 Å². The minimum absolute atomic E-state index is 0.126. The van der Waals surface area contributed by atoms with Crippen molar-refractivity contribution >= 4 is 0 Å². The normalized spacial score (nSPS) is 12.0. The van der Waals surface area contributed by atoms with Crippen molar-refractivity contribution in [3.05, 3.63) is 11.6 Å². The zero-order valence-corrected chi connectivity index (χ0v) is 7.60. The average Bonchev–Trinajstić information content (AvgIpc) is 2.36. The Hall–Kier alpha value is -0.860. The fraction of sp³-hybridized carbons (Fsp3) is 0.750. The van der Waals surface area contributed by atoms with E-state index in [4.69, 9.17) is 0 Å². The molecule has 3 nitrogen and oxygen atoms in total. The molecule has 1 heterocycles. The third-order valence-electron chi connectivity index (χ3n) is 2.12. The van der Waals surface area contributed by atoms with Gasteiger partial charge in [-0.1, -0.05) is 20.8 Å². The molecule has 0 amide bonds. The van der Waals surface area contributed by atoms with Gasteiger partial charge < -0.3 is 0 Å². The number of aromatic nitrogens is 3. The quantitative estimate of drug-likeness (QED) is 0.704. The molecule has 62 valence electrons. The van der Waals surface area contributed by atoms with E-state index >= 15 is 0 Å². The maximum absolute atomic E-state index is 4.29. The van der Waals surface area contributed by atoms with Gasteiger partial charge >= 0.3 is 0 Å². The van der Waals surface area contributed by atoms with Gasteiger partial charge in [0, 0.05) is 5.41 Å². The van der Waals surface area contributed by atoms with Crippen LogP contribution in [0.15, 0.2) is 0 Å². The van der Waals surface area contributed by atoms with Gasteiger partial charge in [-0.2, -0.15) is 5.10 Å². The second kappa shape index (κ2) is 2.64. The molecule has 1 aromatic heterocycles. The highest BCUT2D eigenvalue weighted by Crippen LogP contribution is 2.22. The van der Waals surface area contributed by atoms with Crippen molar-refractivity contribution in [1.82, 2.24) is 15.2 Å². The molecule has 0 spiro atoms. The molecule has 3 heteroatoms. The summed E-state index contributed by atoms with van der Waals surface area (Å²) in [5, 5.41) is 6.93. The summed E-state index contributed by atoms with van der Waals surface area (Å²) in [7, 11) is 0. The molecule has 0 atom stereocenters. The van der Waals surface area contributed by atoms with E-state index in [0.29, 0.717) is 0 Å². The van der Waals surface area contributed by atoms with Crippen molar-refractivity contribution in [1.29, 1.82) is 0 Å². The minimum atomic E-state index is 0.126. The fourth-order valence-corrected chi connectivity index (χ4v) is 0.816.